The van der Waals surface area contributed by atoms with Gasteiger partial charge in [0.2, 0.25) is 5.91 Å². The molecule has 0 aromatic carbocycles. The highest BCUT2D eigenvalue weighted by molar-refractivity contribution is 6.13. The number of urea groups is 1. The minimum atomic E-state index is -0.384. The number of amides is 3. The van der Waals surface area contributed by atoms with Gasteiger partial charge in [-0.05, 0) is 6.92 Å². The second-order valence-corrected chi connectivity index (χ2v) is 5.27. The summed E-state index contributed by atoms with van der Waals surface area (Å²) in [6, 6.07) is 1.07. The summed E-state index contributed by atoms with van der Waals surface area (Å²) in [7, 11) is 3.00. The first-order valence-corrected chi connectivity index (χ1v) is 6.82. The van der Waals surface area contributed by atoms with Crippen LogP contribution >= 0.6 is 0 Å². The summed E-state index contributed by atoms with van der Waals surface area (Å²) < 4.78 is 7.02. The van der Waals surface area contributed by atoms with E-state index in [-0.39, 0.29) is 24.5 Å². The number of imidazole rings is 1. The van der Waals surface area contributed by atoms with E-state index in [1.807, 2.05) is 6.92 Å². The van der Waals surface area contributed by atoms with Crippen LogP contribution < -0.4 is 15.4 Å². The maximum atomic E-state index is 12.2. The Morgan fingerprint density at radius 2 is 2.09 bits per heavy atom. The van der Waals surface area contributed by atoms with Crippen LogP contribution in [-0.4, -0.2) is 46.9 Å². The number of nitrogens with zero attached hydrogens (tertiary/aromatic N) is 4. The number of imide groups is 1. The number of aromatic nitrogens is 2. The monoisotopic (exact) mass is 303 g/mol. The van der Waals surface area contributed by atoms with E-state index in [1.165, 1.54) is 19.1 Å². The highest BCUT2D eigenvalue weighted by Gasteiger charge is 2.35. The van der Waals surface area contributed by atoms with Gasteiger partial charge in [-0.25, -0.2) is 9.78 Å². The third-order valence-corrected chi connectivity index (χ3v) is 3.70. The van der Waals surface area contributed by atoms with Crippen molar-refractivity contribution < 1.29 is 14.3 Å². The predicted octanol–water partition coefficient (Wildman–Crippen LogP) is 0.761. The molecule has 3 heterocycles. The van der Waals surface area contributed by atoms with Crippen molar-refractivity contribution in [3.8, 4) is 5.75 Å². The summed E-state index contributed by atoms with van der Waals surface area (Å²) >= 11 is 0. The lowest BCUT2D eigenvalue weighted by Gasteiger charge is -2.16. The van der Waals surface area contributed by atoms with Crippen LogP contribution in [0, 0.1) is 0 Å². The Morgan fingerprint density at radius 3 is 2.64 bits per heavy atom. The van der Waals surface area contributed by atoms with Gasteiger partial charge in [-0.3, -0.25) is 14.6 Å². The van der Waals surface area contributed by atoms with Gasteiger partial charge in [0.1, 0.15) is 12.3 Å². The maximum Gasteiger partial charge on any atom is 0.331 e. The van der Waals surface area contributed by atoms with E-state index in [0.29, 0.717) is 22.8 Å². The van der Waals surface area contributed by atoms with Crippen LogP contribution in [0.25, 0.3) is 5.65 Å². The third-order valence-electron chi connectivity index (χ3n) is 3.70. The number of rotatable bonds is 3. The number of fused-ring (bicyclic) bond motifs is 1. The molecule has 2 aromatic rings. The molecule has 1 fully saturated rings. The SMILES string of the molecule is COc1cc(N2CC(=O)N(C)C2=O)c2nc(C(C)N)cn2c1. The zero-order valence-corrected chi connectivity index (χ0v) is 12.6. The van der Waals surface area contributed by atoms with Crippen molar-refractivity contribution in [2.24, 2.45) is 5.73 Å². The quantitative estimate of drug-likeness (QED) is 0.845. The molecule has 22 heavy (non-hydrogen) atoms. The summed E-state index contributed by atoms with van der Waals surface area (Å²) in [5, 5.41) is 0. The normalized spacial score (nSPS) is 16.7. The first-order valence-electron chi connectivity index (χ1n) is 6.82. The number of hydrogen-bond acceptors (Lipinski definition) is 5. The average Bonchev–Trinajstić information content (AvgIpc) is 3.03. The number of hydrogen-bond donors (Lipinski definition) is 1. The van der Waals surface area contributed by atoms with Crippen LogP contribution in [-0.2, 0) is 4.79 Å². The molecule has 1 aliphatic rings. The summed E-state index contributed by atoms with van der Waals surface area (Å²) in [5.74, 6) is 0.302. The summed E-state index contributed by atoms with van der Waals surface area (Å²) in [4.78, 5) is 30.9. The van der Waals surface area contributed by atoms with Crippen LogP contribution in [0.4, 0.5) is 10.5 Å². The van der Waals surface area contributed by atoms with Crippen molar-refractivity contribution in [3.05, 3.63) is 24.2 Å². The molecule has 3 rings (SSSR count). The summed E-state index contributed by atoms with van der Waals surface area (Å²) in [6.45, 7) is 1.82. The predicted molar refractivity (Wildman–Crippen MR) is 79.9 cm³/mol. The van der Waals surface area contributed by atoms with Gasteiger partial charge >= 0.3 is 6.03 Å². The molecule has 2 N–H and O–H groups in total. The number of carbonyl (C=O) groups is 2. The molecule has 116 valence electrons. The molecule has 1 aliphatic heterocycles. The minimum absolute atomic E-state index is 0.0153. The Morgan fingerprint density at radius 1 is 1.36 bits per heavy atom. The molecule has 8 heteroatoms. The van der Waals surface area contributed by atoms with E-state index in [9.17, 15) is 9.59 Å². The zero-order valence-electron chi connectivity index (χ0n) is 12.6. The number of carbonyl (C=O) groups excluding carboxylic acids is 2. The van der Waals surface area contributed by atoms with Gasteiger partial charge in [0, 0.05) is 25.4 Å². The Bertz CT molecular complexity index is 767. The average molecular weight is 303 g/mol. The molecule has 0 spiro atoms. The summed E-state index contributed by atoms with van der Waals surface area (Å²) in [5.41, 5.74) is 7.65. The van der Waals surface area contributed by atoms with E-state index in [4.69, 9.17) is 10.5 Å². The minimum Gasteiger partial charge on any atom is -0.495 e. The number of ether oxygens (including phenoxy) is 1. The first-order chi connectivity index (χ1) is 10.4. The van der Waals surface area contributed by atoms with Crippen molar-refractivity contribution >= 4 is 23.3 Å². The van der Waals surface area contributed by atoms with Crippen LogP contribution in [0.1, 0.15) is 18.7 Å². The van der Waals surface area contributed by atoms with Gasteiger partial charge in [-0.15, -0.1) is 0 Å². The fraction of sp³-hybridized carbons (Fsp3) is 0.357. The molecule has 0 radical (unpaired) electrons. The first kappa shape index (κ1) is 14.3. The molecule has 1 saturated heterocycles. The number of anilines is 1. The number of likely N-dealkylation sites (N-methyl/N-ethyl adjacent to an activating group) is 1. The molecule has 3 amide bonds. The molecule has 0 aliphatic carbocycles. The lowest BCUT2D eigenvalue weighted by Crippen LogP contribution is -2.30. The van der Waals surface area contributed by atoms with Crippen molar-refractivity contribution in [1.29, 1.82) is 0 Å². The Kier molecular flexibility index (Phi) is 3.25. The second kappa shape index (κ2) is 4.99. The molecule has 1 unspecified atom stereocenters. The highest BCUT2D eigenvalue weighted by Crippen LogP contribution is 2.30. The molecule has 8 nitrogen and oxygen atoms in total. The zero-order chi connectivity index (χ0) is 16.0. The molecule has 0 saturated carbocycles. The third kappa shape index (κ3) is 2.08. The largest absolute Gasteiger partial charge is 0.495 e. The fourth-order valence-corrected chi connectivity index (χ4v) is 2.39. The lowest BCUT2D eigenvalue weighted by atomic mass is 10.3. The van der Waals surface area contributed by atoms with Gasteiger partial charge in [-0.1, -0.05) is 0 Å². The molecule has 2 aromatic heterocycles. The van der Waals surface area contributed by atoms with Crippen molar-refractivity contribution in [2.45, 2.75) is 13.0 Å². The standard InChI is InChI=1S/C14H17N5O3/c1-8(15)10-6-18-5-9(22-3)4-11(13(18)16-10)19-7-12(20)17(2)14(19)21/h4-6,8H,7,15H2,1-3H3. The molecular formula is C14H17N5O3. The van der Waals surface area contributed by atoms with Crippen LogP contribution in [0.5, 0.6) is 5.75 Å². The number of pyridine rings is 1. The summed E-state index contributed by atoms with van der Waals surface area (Å²) in [6.07, 6.45) is 3.54. The van der Waals surface area contributed by atoms with Gasteiger partial charge in [0.25, 0.3) is 0 Å². The number of methoxy groups -OCH3 is 1. The molecular weight excluding hydrogens is 286 g/mol. The van der Waals surface area contributed by atoms with Crippen molar-refractivity contribution in [3.63, 3.8) is 0 Å². The fourth-order valence-electron chi connectivity index (χ4n) is 2.39. The van der Waals surface area contributed by atoms with Gasteiger partial charge in [0.05, 0.1) is 24.7 Å². The highest BCUT2D eigenvalue weighted by atomic mass is 16.5. The number of nitrogens with two attached hydrogens (primary N) is 1. The van der Waals surface area contributed by atoms with Crippen LogP contribution in [0.3, 0.4) is 0 Å². The van der Waals surface area contributed by atoms with Crippen LogP contribution in [0.2, 0.25) is 0 Å². The Labute approximate surface area is 127 Å². The smallest absolute Gasteiger partial charge is 0.331 e. The van der Waals surface area contributed by atoms with E-state index >= 15 is 0 Å². The maximum absolute atomic E-state index is 12.2. The van der Waals surface area contributed by atoms with Gasteiger partial charge < -0.3 is 14.9 Å². The Balaban J connectivity index is 2.19. The van der Waals surface area contributed by atoms with Gasteiger partial charge in [-0.2, -0.15) is 0 Å². The van der Waals surface area contributed by atoms with Gasteiger partial charge in [0.15, 0.2) is 5.65 Å². The van der Waals surface area contributed by atoms with E-state index in [0.717, 1.165) is 4.90 Å². The van der Waals surface area contributed by atoms with E-state index in [2.05, 4.69) is 4.98 Å². The van der Waals surface area contributed by atoms with E-state index < -0.39 is 0 Å². The molecule has 1 atom stereocenters. The van der Waals surface area contributed by atoms with E-state index in [1.54, 1.807) is 22.9 Å². The molecule has 0 bridgehead atoms. The van der Waals surface area contributed by atoms with Crippen molar-refractivity contribution in [2.75, 3.05) is 25.6 Å². The topological polar surface area (TPSA) is 93.2 Å². The van der Waals surface area contributed by atoms with Crippen molar-refractivity contribution in [1.82, 2.24) is 14.3 Å². The lowest BCUT2D eigenvalue weighted by molar-refractivity contribution is -0.123. The second-order valence-electron chi connectivity index (χ2n) is 5.27. The Hall–Kier alpha value is -2.61. The van der Waals surface area contributed by atoms with Crippen LogP contribution in [0.15, 0.2) is 18.5 Å².